The fraction of sp³-hybridized carbons (Fsp3) is 0.0526. The van der Waals surface area contributed by atoms with E-state index in [0.29, 0.717) is 22.0 Å². The number of anilines is 3. The molecule has 0 aliphatic heterocycles. The van der Waals surface area contributed by atoms with Gasteiger partial charge in [0.05, 0.1) is 33.1 Å². The maximum Gasteiger partial charge on any atom is 0.256 e. The fourth-order valence-electron chi connectivity index (χ4n) is 2.31. The van der Waals surface area contributed by atoms with Gasteiger partial charge in [0.25, 0.3) is 5.91 Å². The van der Waals surface area contributed by atoms with Crippen molar-refractivity contribution >= 4 is 33.9 Å². The van der Waals surface area contributed by atoms with Gasteiger partial charge >= 0.3 is 0 Å². The molecule has 0 spiro atoms. The Kier molecular flexibility index (Phi) is 5.20. The molecule has 0 aliphatic rings. The smallest absolute Gasteiger partial charge is 0.256 e. The average molecular weight is 351 g/mol. The van der Waals surface area contributed by atoms with E-state index in [9.17, 15) is 9.00 Å². The van der Waals surface area contributed by atoms with Crippen LogP contribution in [0.15, 0.2) is 77.8 Å². The highest BCUT2D eigenvalue weighted by molar-refractivity contribution is 7.84. The maximum atomic E-state index is 12.4. The third-order valence-electron chi connectivity index (χ3n) is 3.51. The van der Waals surface area contributed by atoms with Gasteiger partial charge < -0.3 is 10.6 Å². The SMILES string of the molecule is CS(=O)c1ccccc1C(=O)Nc1ccc(Nc2ccccc2)nc1. The van der Waals surface area contributed by atoms with Crippen molar-refractivity contribution in [3.63, 3.8) is 0 Å². The van der Waals surface area contributed by atoms with Crippen LogP contribution < -0.4 is 10.6 Å². The Balaban J connectivity index is 1.71. The molecule has 0 aliphatic carbocycles. The molecule has 2 aromatic carbocycles. The van der Waals surface area contributed by atoms with Crippen molar-refractivity contribution < 1.29 is 9.00 Å². The highest BCUT2D eigenvalue weighted by atomic mass is 32.2. The molecule has 3 rings (SSSR count). The second-order valence-corrected chi connectivity index (χ2v) is 6.68. The molecule has 5 nitrogen and oxygen atoms in total. The van der Waals surface area contributed by atoms with Crippen LogP contribution in [-0.4, -0.2) is 21.4 Å². The summed E-state index contributed by atoms with van der Waals surface area (Å²) in [7, 11) is -1.23. The van der Waals surface area contributed by atoms with E-state index in [-0.39, 0.29) is 5.91 Å². The molecule has 0 fully saturated rings. The van der Waals surface area contributed by atoms with Crippen molar-refractivity contribution in [3.05, 3.63) is 78.5 Å². The first kappa shape index (κ1) is 16.9. The summed E-state index contributed by atoms with van der Waals surface area (Å²) in [5, 5.41) is 5.96. The fourth-order valence-corrected chi connectivity index (χ4v) is 3.06. The molecule has 126 valence electrons. The minimum absolute atomic E-state index is 0.309. The molecule has 0 saturated carbocycles. The largest absolute Gasteiger partial charge is 0.340 e. The molecular formula is C19H17N3O2S. The van der Waals surface area contributed by atoms with E-state index in [1.807, 2.05) is 30.3 Å². The minimum Gasteiger partial charge on any atom is -0.340 e. The van der Waals surface area contributed by atoms with Crippen LogP contribution >= 0.6 is 0 Å². The quantitative estimate of drug-likeness (QED) is 0.733. The van der Waals surface area contributed by atoms with Crippen molar-refractivity contribution in [1.29, 1.82) is 0 Å². The summed E-state index contributed by atoms with van der Waals surface area (Å²) in [6.45, 7) is 0. The summed E-state index contributed by atoms with van der Waals surface area (Å²) >= 11 is 0. The van der Waals surface area contributed by atoms with Gasteiger partial charge in [-0.1, -0.05) is 30.3 Å². The van der Waals surface area contributed by atoms with Crippen LogP contribution in [0, 0.1) is 0 Å². The number of carbonyl (C=O) groups excluding carboxylic acids is 1. The molecule has 6 heteroatoms. The summed E-state index contributed by atoms with van der Waals surface area (Å²) in [6.07, 6.45) is 3.13. The van der Waals surface area contributed by atoms with Crippen molar-refractivity contribution in [2.24, 2.45) is 0 Å². The van der Waals surface area contributed by atoms with Gasteiger partial charge in [0.2, 0.25) is 0 Å². The van der Waals surface area contributed by atoms with Crippen molar-refractivity contribution in [2.75, 3.05) is 16.9 Å². The molecule has 0 saturated heterocycles. The number of nitrogens with zero attached hydrogens (tertiary/aromatic N) is 1. The molecule has 0 radical (unpaired) electrons. The zero-order chi connectivity index (χ0) is 17.6. The molecule has 0 bridgehead atoms. The first-order valence-corrected chi connectivity index (χ1v) is 9.21. The Hall–Kier alpha value is -2.99. The number of amides is 1. The Morgan fingerprint density at radius 3 is 2.32 bits per heavy atom. The highest BCUT2D eigenvalue weighted by Crippen LogP contribution is 2.18. The Morgan fingerprint density at radius 1 is 0.920 bits per heavy atom. The van der Waals surface area contributed by atoms with Crippen LogP contribution in [0.3, 0.4) is 0 Å². The molecular weight excluding hydrogens is 334 g/mol. The molecule has 25 heavy (non-hydrogen) atoms. The highest BCUT2D eigenvalue weighted by Gasteiger charge is 2.13. The van der Waals surface area contributed by atoms with E-state index >= 15 is 0 Å². The van der Waals surface area contributed by atoms with E-state index in [1.54, 1.807) is 48.9 Å². The predicted molar refractivity (Wildman–Crippen MR) is 101 cm³/mol. The predicted octanol–water partition coefficient (Wildman–Crippen LogP) is 3.81. The number of hydrogen-bond donors (Lipinski definition) is 2. The van der Waals surface area contributed by atoms with Crippen LogP contribution in [0.5, 0.6) is 0 Å². The molecule has 1 atom stereocenters. The number of aromatic nitrogens is 1. The number of para-hydroxylation sites is 1. The average Bonchev–Trinajstić information content (AvgIpc) is 2.64. The summed E-state index contributed by atoms with van der Waals surface area (Å²) in [5.41, 5.74) is 1.90. The first-order chi connectivity index (χ1) is 12.1. The summed E-state index contributed by atoms with van der Waals surface area (Å²) < 4.78 is 11.8. The number of pyridine rings is 1. The van der Waals surface area contributed by atoms with Gasteiger partial charge in [-0.25, -0.2) is 4.98 Å². The molecule has 3 aromatic rings. The lowest BCUT2D eigenvalue weighted by Gasteiger charge is -2.09. The molecule has 1 amide bonds. The lowest BCUT2D eigenvalue weighted by Crippen LogP contribution is -2.14. The van der Waals surface area contributed by atoms with Crippen LogP contribution in [0.25, 0.3) is 0 Å². The third-order valence-corrected chi connectivity index (χ3v) is 4.48. The summed E-state index contributed by atoms with van der Waals surface area (Å²) in [6, 6.07) is 20.1. The van der Waals surface area contributed by atoms with Crippen LogP contribution in [0.2, 0.25) is 0 Å². The second kappa shape index (κ2) is 7.72. The first-order valence-electron chi connectivity index (χ1n) is 7.65. The maximum absolute atomic E-state index is 12.4. The Morgan fingerprint density at radius 2 is 1.64 bits per heavy atom. The van der Waals surface area contributed by atoms with Crippen molar-refractivity contribution in [1.82, 2.24) is 4.98 Å². The van der Waals surface area contributed by atoms with Gasteiger partial charge in [0.15, 0.2) is 0 Å². The van der Waals surface area contributed by atoms with Gasteiger partial charge in [0.1, 0.15) is 5.82 Å². The van der Waals surface area contributed by atoms with Crippen molar-refractivity contribution in [2.45, 2.75) is 4.90 Å². The van der Waals surface area contributed by atoms with Crippen LogP contribution in [0.4, 0.5) is 17.2 Å². The van der Waals surface area contributed by atoms with Gasteiger partial charge in [-0.3, -0.25) is 9.00 Å². The minimum atomic E-state index is -1.23. The number of carbonyl (C=O) groups is 1. The number of benzene rings is 2. The standard InChI is InChI=1S/C19H17N3O2S/c1-25(24)17-10-6-5-9-16(17)19(23)22-15-11-12-18(20-13-15)21-14-7-3-2-4-8-14/h2-13H,1H3,(H,20,21)(H,22,23). The summed E-state index contributed by atoms with van der Waals surface area (Å²) in [4.78, 5) is 17.2. The third kappa shape index (κ3) is 4.30. The Bertz CT molecular complexity index is 896. The molecule has 1 aromatic heterocycles. The normalized spacial score (nSPS) is 11.6. The van der Waals surface area contributed by atoms with Gasteiger partial charge in [-0.05, 0) is 36.4 Å². The topological polar surface area (TPSA) is 71.1 Å². The van der Waals surface area contributed by atoms with E-state index in [0.717, 1.165) is 5.69 Å². The molecule has 1 unspecified atom stereocenters. The number of rotatable bonds is 5. The zero-order valence-corrected chi connectivity index (χ0v) is 14.4. The van der Waals surface area contributed by atoms with Crippen LogP contribution in [0.1, 0.15) is 10.4 Å². The second-order valence-electron chi connectivity index (χ2n) is 5.33. The van der Waals surface area contributed by atoms with Gasteiger partial charge in [0, 0.05) is 11.9 Å². The van der Waals surface area contributed by atoms with E-state index in [2.05, 4.69) is 15.6 Å². The molecule has 1 heterocycles. The van der Waals surface area contributed by atoms with E-state index in [1.165, 1.54) is 0 Å². The lowest BCUT2D eigenvalue weighted by atomic mass is 10.2. The zero-order valence-electron chi connectivity index (χ0n) is 13.6. The van der Waals surface area contributed by atoms with E-state index < -0.39 is 10.8 Å². The van der Waals surface area contributed by atoms with Crippen molar-refractivity contribution in [3.8, 4) is 0 Å². The number of hydrogen-bond acceptors (Lipinski definition) is 4. The number of nitrogens with one attached hydrogen (secondary N) is 2. The van der Waals surface area contributed by atoms with E-state index in [4.69, 9.17) is 0 Å². The molecule has 2 N–H and O–H groups in total. The monoisotopic (exact) mass is 351 g/mol. The van der Waals surface area contributed by atoms with Crippen LogP contribution in [-0.2, 0) is 10.8 Å². The summed E-state index contributed by atoms with van der Waals surface area (Å²) in [5.74, 6) is 0.371. The van der Waals surface area contributed by atoms with Gasteiger partial charge in [-0.2, -0.15) is 0 Å². The Labute approximate surface area is 148 Å². The van der Waals surface area contributed by atoms with Gasteiger partial charge in [-0.15, -0.1) is 0 Å². The lowest BCUT2D eigenvalue weighted by molar-refractivity contribution is 0.102.